The maximum Gasteiger partial charge on any atom is 0.475 e. The Morgan fingerprint density at radius 2 is 0.779 bits per heavy atom. The Balaban J connectivity index is 0.00000207. The molecule has 0 aliphatic carbocycles. The zero-order valence-electron chi connectivity index (χ0n) is 72.6. The maximum absolute atomic E-state index is 13.9. The first kappa shape index (κ1) is 110. The fraction of sp³-hybridized carbons (Fsp3) is 0.826. The van der Waals surface area contributed by atoms with E-state index in [1.165, 1.54) is 230 Å². The predicted octanol–water partition coefficient (Wildman–Crippen LogP) is 25.6. The van der Waals surface area contributed by atoms with Crippen LogP contribution in [-0.4, -0.2) is 131 Å². The van der Waals surface area contributed by atoms with Gasteiger partial charge in [0, 0.05) is 39.3 Å². The normalized spacial score (nSPS) is 21.1. The van der Waals surface area contributed by atoms with E-state index in [1.807, 2.05) is 20.8 Å². The SMILES string of the molecule is C.C1CCOC1.C=CCOP(=O)(OCC=C)OC1[C@@H](CC)OC(O)[C@H](NC(=O)CCCCCCCCC/C=C\CCCCCC)[C@H]1OCC[C@H](C)CCCCCCC.C=CCOP(=O)(OCC=C)OC1[C@@H](CC)O[C@H](O/C=C\C)[C@H](NC(=O)CCCCCCCCC/C=C\CCCCCC)[C@H]1OCC[C@H](C)CCCCCCC. The molecule has 12 atom stereocenters. The highest BCUT2D eigenvalue weighted by Crippen LogP contribution is 2.54. The molecule has 3 saturated heterocycles. The van der Waals surface area contributed by atoms with Crippen LogP contribution in [0.25, 0.3) is 0 Å². The third-order valence-electron chi connectivity index (χ3n) is 20.6. The number of unbranched alkanes of at least 4 members (excludes halogenated alkanes) is 30. The van der Waals surface area contributed by atoms with Gasteiger partial charge in [-0.3, -0.25) is 36.7 Å². The zero-order valence-corrected chi connectivity index (χ0v) is 74.4. The number of ether oxygens (including phenoxy) is 6. The molecule has 2 amide bonds. The molecule has 0 aromatic heterocycles. The van der Waals surface area contributed by atoms with Crippen molar-refractivity contribution in [2.24, 2.45) is 11.8 Å². The first-order chi connectivity index (χ1) is 54.5. The van der Waals surface area contributed by atoms with Gasteiger partial charge in [0.15, 0.2) is 6.29 Å². The molecular weight excluding hydrogens is 1470 g/mol. The van der Waals surface area contributed by atoms with Gasteiger partial charge in [-0.05, 0) is 121 Å². The Labute approximate surface area is 692 Å². The van der Waals surface area contributed by atoms with Gasteiger partial charge in [0.25, 0.3) is 0 Å². The van der Waals surface area contributed by atoms with Gasteiger partial charge >= 0.3 is 15.6 Å². The summed E-state index contributed by atoms with van der Waals surface area (Å²) in [6, 6.07) is -1.67. The number of hydrogen-bond acceptors (Lipinski definition) is 17. The molecule has 0 saturated carbocycles. The summed E-state index contributed by atoms with van der Waals surface area (Å²) in [5.41, 5.74) is 0. The number of aliphatic hydroxyl groups excluding tert-OH is 1. The molecule has 3 fully saturated rings. The zero-order chi connectivity index (χ0) is 82.2. The number of aliphatic hydroxyl groups is 1. The lowest BCUT2D eigenvalue weighted by atomic mass is 9.94. The molecule has 662 valence electrons. The van der Waals surface area contributed by atoms with Crippen LogP contribution in [0, 0.1) is 11.8 Å². The van der Waals surface area contributed by atoms with E-state index in [4.69, 9.17) is 55.6 Å². The first-order valence-electron chi connectivity index (χ1n) is 45.1. The molecule has 19 nitrogen and oxygen atoms in total. The highest BCUT2D eigenvalue weighted by atomic mass is 31.2. The molecule has 0 radical (unpaired) electrons. The highest BCUT2D eigenvalue weighted by Gasteiger charge is 2.53. The number of phosphoric acid groups is 2. The fourth-order valence-corrected chi connectivity index (χ4v) is 16.5. The van der Waals surface area contributed by atoms with Gasteiger partial charge in [0.1, 0.15) is 36.5 Å². The van der Waals surface area contributed by atoms with Crippen molar-refractivity contribution in [3.8, 4) is 0 Å². The second-order valence-electron chi connectivity index (χ2n) is 30.9. The van der Waals surface area contributed by atoms with Gasteiger partial charge in [-0.1, -0.05) is 297 Å². The van der Waals surface area contributed by atoms with Crippen molar-refractivity contribution in [3.05, 3.63) is 87.3 Å². The van der Waals surface area contributed by atoms with E-state index < -0.39 is 76.9 Å². The van der Waals surface area contributed by atoms with Crippen LogP contribution in [-0.2, 0) is 74.3 Å². The van der Waals surface area contributed by atoms with Crippen molar-refractivity contribution >= 4 is 27.5 Å². The quantitative estimate of drug-likeness (QED) is 0.0223. The standard InChI is InChI=1S/C45H82NO8P.C42H78NO8P.C4H8O.CH4/c1-8-14-16-18-19-20-21-22-23-24-25-26-27-29-31-33-41(47)46-42-44(49-38-34-39(7)32-30-28-17-15-9-2)43(40(13-6)53-45(42)50-35-10-3)54-55(48,51-36-11-4)52-37-12-5;1-7-12-14-16-17-18-19-20-21-22-23-24-25-27-29-31-38(44)43-39-41(47-35-32-36(6)30-28-26-15-13-8-2)40(37(11-5)50-42(39)45)51-52(46,48-33-9-3)49-34-10-4;1-2-4-5-3-1;/h10-12,20-21,35,39-40,42-45H,4-5,8-9,13-19,22-34,36-38H2,1-3,6-7H3,(H,46,47);9-10,18-19,36-37,39-42,45H,3-4,7-8,11-17,20-35H2,1-2,5-6H3,(H,43,44);1-4H2;1H4/b21-20-,35-10-;19-18-;;/t39-,40-,42-,43?,44-,45+;36-,37-,39-,40?,41-,42?;;/m11../s1. The minimum absolute atomic E-state index is 0. The molecule has 3 aliphatic heterocycles. The van der Waals surface area contributed by atoms with Crippen LogP contribution in [0.3, 0.4) is 0 Å². The number of allylic oxidation sites excluding steroid dienone is 5. The van der Waals surface area contributed by atoms with Crippen molar-refractivity contribution in [2.45, 2.75) is 426 Å². The van der Waals surface area contributed by atoms with E-state index in [0.717, 1.165) is 77.4 Å². The third-order valence-corrected chi connectivity index (χ3v) is 23.5. The predicted molar refractivity (Wildman–Crippen MR) is 469 cm³/mol. The summed E-state index contributed by atoms with van der Waals surface area (Å²) in [6.07, 6.45) is 63.1. The number of rotatable bonds is 72. The average Bonchev–Trinajstić information content (AvgIpc) is 0.915. The number of amides is 2. The Morgan fingerprint density at radius 1 is 0.451 bits per heavy atom. The van der Waals surface area contributed by atoms with Crippen LogP contribution in [0.15, 0.2) is 87.3 Å². The Hall–Kier alpha value is -3.10. The van der Waals surface area contributed by atoms with Crippen LogP contribution in [0.5, 0.6) is 0 Å². The molecule has 3 rings (SSSR count). The van der Waals surface area contributed by atoms with Crippen molar-refractivity contribution in [3.63, 3.8) is 0 Å². The van der Waals surface area contributed by atoms with Gasteiger partial charge in [0.05, 0.1) is 44.9 Å². The van der Waals surface area contributed by atoms with Crippen molar-refractivity contribution < 1.29 is 79.4 Å². The summed E-state index contributed by atoms with van der Waals surface area (Å²) in [6.45, 7) is 36.4. The summed E-state index contributed by atoms with van der Waals surface area (Å²) in [5.74, 6) is 0.609. The first-order valence-corrected chi connectivity index (χ1v) is 48.0. The van der Waals surface area contributed by atoms with E-state index in [1.54, 1.807) is 12.3 Å². The van der Waals surface area contributed by atoms with Crippen LogP contribution < -0.4 is 10.6 Å². The lowest BCUT2D eigenvalue weighted by Crippen LogP contribution is -2.65. The second-order valence-corrected chi connectivity index (χ2v) is 34.2. The largest absolute Gasteiger partial charge is 0.475 e. The second kappa shape index (κ2) is 76.3. The molecule has 21 heteroatoms. The molecule has 3 N–H and O–H groups in total. The van der Waals surface area contributed by atoms with E-state index in [2.05, 4.69) is 103 Å². The monoisotopic (exact) mass is 1640 g/mol. The molecule has 3 heterocycles. The molecular formula is C92H172N2O17P2. The molecule has 0 spiro atoms. The van der Waals surface area contributed by atoms with E-state index >= 15 is 0 Å². The summed E-state index contributed by atoms with van der Waals surface area (Å²) in [4.78, 5) is 26.8. The topological polar surface area (TPSA) is 223 Å². The average molecular weight is 1640 g/mol. The van der Waals surface area contributed by atoms with E-state index in [0.29, 0.717) is 50.7 Å². The molecule has 0 bridgehead atoms. The van der Waals surface area contributed by atoms with Gasteiger partial charge < -0.3 is 44.2 Å². The van der Waals surface area contributed by atoms with Gasteiger partial charge in [-0.2, -0.15) is 0 Å². The minimum atomic E-state index is -4.11. The van der Waals surface area contributed by atoms with Gasteiger partial charge in [-0.25, -0.2) is 9.13 Å². The lowest BCUT2D eigenvalue weighted by Gasteiger charge is -2.46. The molecule has 3 unspecified atom stereocenters. The summed E-state index contributed by atoms with van der Waals surface area (Å²) in [7, 11) is -8.22. The van der Waals surface area contributed by atoms with Crippen molar-refractivity contribution in [1.29, 1.82) is 0 Å². The number of carbonyl (C=O) groups is 2. The Morgan fingerprint density at radius 3 is 1.12 bits per heavy atom. The van der Waals surface area contributed by atoms with Crippen LogP contribution in [0.4, 0.5) is 0 Å². The Bertz CT molecular complexity index is 2410. The number of carbonyl (C=O) groups excluding carboxylic acids is 2. The van der Waals surface area contributed by atoms with Gasteiger partial charge in [-0.15, -0.1) is 26.3 Å². The molecule has 0 aromatic carbocycles. The van der Waals surface area contributed by atoms with E-state index in [9.17, 15) is 23.8 Å². The van der Waals surface area contributed by atoms with Crippen molar-refractivity contribution in [2.75, 3.05) is 52.9 Å². The fourth-order valence-electron chi connectivity index (χ4n) is 13.8. The summed E-state index contributed by atoms with van der Waals surface area (Å²) in [5, 5.41) is 17.3. The van der Waals surface area contributed by atoms with Crippen LogP contribution in [0.1, 0.15) is 365 Å². The summed E-state index contributed by atoms with van der Waals surface area (Å²) < 4.78 is 98.7. The van der Waals surface area contributed by atoms with Crippen molar-refractivity contribution in [1.82, 2.24) is 10.6 Å². The van der Waals surface area contributed by atoms with E-state index in [-0.39, 0.29) is 45.7 Å². The minimum Gasteiger partial charge on any atom is -0.471 e. The number of nitrogens with one attached hydrogen (secondary N) is 2. The molecule has 0 aromatic rings. The summed E-state index contributed by atoms with van der Waals surface area (Å²) >= 11 is 0. The Kier molecular flexibility index (Phi) is 74.2. The van der Waals surface area contributed by atoms with Crippen LogP contribution in [0.2, 0.25) is 0 Å². The van der Waals surface area contributed by atoms with Gasteiger partial charge in [0.2, 0.25) is 18.1 Å². The third kappa shape index (κ3) is 56.9. The highest BCUT2D eigenvalue weighted by molar-refractivity contribution is 7.48. The van der Waals surface area contributed by atoms with Crippen LogP contribution >= 0.6 is 15.6 Å². The number of hydrogen-bond donors (Lipinski definition) is 3. The maximum atomic E-state index is 13.9. The number of phosphoric ester groups is 2. The lowest BCUT2D eigenvalue weighted by molar-refractivity contribution is -0.255. The molecule has 3 aliphatic rings. The smallest absolute Gasteiger partial charge is 0.471 e. The molecule has 113 heavy (non-hydrogen) atoms.